The maximum Gasteiger partial charge on any atom is 2.00 e. The van der Waals surface area contributed by atoms with Crippen molar-refractivity contribution >= 4 is 56.0 Å². The average molecular weight is 943 g/mol. The van der Waals surface area contributed by atoms with E-state index in [0.717, 1.165) is 35.5 Å². The van der Waals surface area contributed by atoms with Crippen molar-refractivity contribution < 1.29 is 78.0 Å². The molecule has 0 saturated heterocycles. The molecule has 2 aromatic carbocycles. The fourth-order valence-electron chi connectivity index (χ4n) is 5.33. The third-order valence-electron chi connectivity index (χ3n) is 7.95. The topological polar surface area (TPSA) is 92.2 Å². The molecule has 0 heterocycles. The van der Waals surface area contributed by atoms with Crippen LogP contribution in [0.4, 0.5) is 0 Å². The molecule has 2 rings (SSSR count). The molecule has 49 heavy (non-hydrogen) atoms. The van der Waals surface area contributed by atoms with Crippen molar-refractivity contribution in [3.63, 3.8) is 0 Å². The SMILES string of the molecule is CCCCCCCCCCCCS(c1ccccc1)=P([O-])([O-])[S-].CCCCCCCCCCCCS(c1ccccc1)=P([O-])([O-])[S-].[Zn+2].[Zn+2].[Zn+2]. The van der Waals surface area contributed by atoms with Crippen molar-refractivity contribution in [1.82, 2.24) is 0 Å². The molecule has 0 aliphatic heterocycles. The molecule has 0 N–H and O–H groups in total. The minimum Gasteiger partial charge on any atom is -0.853 e. The zero-order valence-electron chi connectivity index (χ0n) is 30.6. The molecule has 0 spiro atoms. The van der Waals surface area contributed by atoms with Crippen LogP contribution in [0.15, 0.2) is 70.5 Å². The Kier molecular flexibility index (Phi) is 41.0. The summed E-state index contributed by atoms with van der Waals surface area (Å²) in [4.78, 5) is 49.3. The quantitative estimate of drug-likeness (QED) is 0.0452. The average Bonchev–Trinajstić information content (AvgIpc) is 3.02. The van der Waals surface area contributed by atoms with Crippen molar-refractivity contribution in [1.29, 1.82) is 0 Å². The fraction of sp³-hybridized carbons (Fsp3) is 0.667. The second kappa shape index (κ2) is 36.1. The molecule has 2 aromatic rings. The van der Waals surface area contributed by atoms with Gasteiger partial charge < -0.3 is 55.5 Å². The van der Waals surface area contributed by atoms with Gasteiger partial charge in [-0.25, -0.2) is 20.1 Å². The Morgan fingerprint density at radius 3 is 0.857 bits per heavy atom. The van der Waals surface area contributed by atoms with Crippen LogP contribution in [0.1, 0.15) is 142 Å². The molecule has 2 atom stereocenters. The maximum absolute atomic E-state index is 11.9. The van der Waals surface area contributed by atoms with E-state index in [-0.39, 0.29) is 58.4 Å². The van der Waals surface area contributed by atoms with Crippen LogP contribution in [0, 0.1) is 0 Å². The van der Waals surface area contributed by atoms with Gasteiger partial charge in [-0.05, 0) is 58.4 Å². The van der Waals surface area contributed by atoms with Crippen LogP contribution < -0.4 is 19.6 Å². The molecule has 0 aromatic heterocycles. The summed E-state index contributed by atoms with van der Waals surface area (Å²) in [6.07, 6.45) is 25.2. The molecule has 0 aliphatic rings. The van der Waals surface area contributed by atoms with Crippen molar-refractivity contribution in [3.8, 4) is 0 Å². The second-order valence-corrected chi connectivity index (χ2v) is 26.8. The van der Waals surface area contributed by atoms with Gasteiger partial charge in [-0.15, -0.1) is 0 Å². The summed E-state index contributed by atoms with van der Waals surface area (Å²) in [6.45, 7) is 4.49. The third-order valence-corrected chi connectivity index (χ3v) is 20.9. The van der Waals surface area contributed by atoms with E-state index < -0.39 is 31.5 Å². The Balaban J connectivity index is -0.000000814. The van der Waals surface area contributed by atoms with Crippen molar-refractivity contribution in [3.05, 3.63) is 60.7 Å². The molecule has 2 unspecified atom stereocenters. The molecular formula is C36H60O4P2S4Zn3. The molecule has 0 saturated carbocycles. The van der Waals surface area contributed by atoms with Gasteiger partial charge >= 0.3 is 58.4 Å². The zero-order chi connectivity index (χ0) is 33.9. The number of rotatable bonds is 24. The van der Waals surface area contributed by atoms with E-state index in [1.54, 1.807) is 0 Å². The van der Waals surface area contributed by atoms with E-state index in [9.17, 15) is 19.6 Å². The first-order valence-electron chi connectivity index (χ1n) is 17.7. The first-order valence-corrected chi connectivity index (χ1v) is 27.0. The normalized spacial score (nSPS) is 12.4. The molecule has 4 nitrogen and oxygen atoms in total. The molecule has 0 bridgehead atoms. The van der Waals surface area contributed by atoms with Crippen LogP contribution in [-0.2, 0) is 103 Å². The van der Waals surface area contributed by atoms with Crippen LogP contribution in [0.5, 0.6) is 0 Å². The molecule has 0 fully saturated rings. The first-order chi connectivity index (χ1) is 22.1. The molecule has 0 radical (unpaired) electrons. The maximum atomic E-state index is 11.9. The molecule has 13 heteroatoms. The summed E-state index contributed by atoms with van der Waals surface area (Å²) in [7, 11) is -1.61. The monoisotopic (exact) mass is 938 g/mol. The largest absolute Gasteiger partial charge is 2.00 e. The number of unbranched alkanes of at least 4 members (excludes halogenated alkanes) is 18. The Morgan fingerprint density at radius 1 is 0.408 bits per heavy atom. The van der Waals surface area contributed by atoms with Crippen molar-refractivity contribution in [2.24, 2.45) is 0 Å². The van der Waals surface area contributed by atoms with E-state index in [2.05, 4.69) is 13.8 Å². The van der Waals surface area contributed by atoms with E-state index in [1.165, 1.54) is 103 Å². The molecule has 0 amide bonds. The van der Waals surface area contributed by atoms with Gasteiger partial charge in [0.05, 0.1) is 0 Å². The minimum atomic E-state index is -3.71. The van der Waals surface area contributed by atoms with Crippen molar-refractivity contribution in [2.45, 2.75) is 152 Å². The molecule has 268 valence electrons. The van der Waals surface area contributed by atoms with Crippen LogP contribution in [0.3, 0.4) is 0 Å². The van der Waals surface area contributed by atoms with Crippen LogP contribution in [-0.4, -0.2) is 11.5 Å². The van der Waals surface area contributed by atoms with E-state index in [0.29, 0.717) is 11.5 Å². The van der Waals surface area contributed by atoms with Gasteiger partial charge in [-0.3, -0.25) is 0 Å². The predicted molar refractivity (Wildman–Crippen MR) is 206 cm³/mol. The van der Waals surface area contributed by atoms with Gasteiger partial charge in [0.15, 0.2) is 0 Å². The van der Waals surface area contributed by atoms with Gasteiger partial charge in [0.1, 0.15) is 0 Å². The minimum absolute atomic E-state index is 0. The number of hydrogen-bond donors (Lipinski definition) is 0. The summed E-state index contributed by atoms with van der Waals surface area (Å²) in [5, 5.41) is 0. The zero-order valence-corrected chi connectivity index (χ0v) is 44.6. The summed E-state index contributed by atoms with van der Waals surface area (Å²) < 4.78 is 0. The van der Waals surface area contributed by atoms with Crippen LogP contribution >= 0.6 is 11.4 Å². The van der Waals surface area contributed by atoms with Gasteiger partial charge in [0.25, 0.3) is 0 Å². The summed E-state index contributed by atoms with van der Waals surface area (Å²) in [6, 6.07) is 18.9. The van der Waals surface area contributed by atoms with Gasteiger partial charge in [0.2, 0.25) is 0 Å². The smallest absolute Gasteiger partial charge is 0.853 e. The Labute approximate surface area is 354 Å². The Bertz CT molecular complexity index is 1030. The number of hydrogen-bond acceptors (Lipinski definition) is 6. The molecule has 0 aliphatic carbocycles. The van der Waals surface area contributed by atoms with E-state index in [1.807, 2.05) is 60.7 Å². The second-order valence-electron chi connectivity index (χ2n) is 12.0. The van der Waals surface area contributed by atoms with Gasteiger partial charge in [-0.2, -0.15) is 0 Å². The van der Waals surface area contributed by atoms with Crippen molar-refractivity contribution in [2.75, 3.05) is 11.5 Å². The van der Waals surface area contributed by atoms with Gasteiger partial charge in [-0.1, -0.05) is 166 Å². The fourth-order valence-corrected chi connectivity index (χ4v) is 15.9. The number of benzene rings is 2. The summed E-state index contributed by atoms with van der Waals surface area (Å²) in [5.41, 5.74) is -7.43. The summed E-state index contributed by atoms with van der Waals surface area (Å²) >= 11 is 9.54. The predicted octanol–water partition coefficient (Wildman–Crippen LogP) is 9.05. The Hall–Kier alpha value is 2.41. The standard InChI is InChI=1S/2C18H30O2PS2.3Zn/c2*1-2-3-4-5-6-7-8-9-10-14-17-23(21(19,20)22)18-15-12-11-13-16-18;;;/h2*11-13,15-16H,2-10,14,17H2,1H3;;;/q2*-3;3*+2. The third kappa shape index (κ3) is 30.3. The van der Waals surface area contributed by atoms with Crippen LogP contribution in [0.2, 0.25) is 0 Å². The first kappa shape index (κ1) is 55.7. The Morgan fingerprint density at radius 2 is 0.633 bits per heavy atom. The van der Waals surface area contributed by atoms with E-state index >= 15 is 0 Å². The van der Waals surface area contributed by atoms with E-state index in [4.69, 9.17) is 24.5 Å². The van der Waals surface area contributed by atoms with Crippen LogP contribution in [0.25, 0.3) is 0 Å². The van der Waals surface area contributed by atoms with Gasteiger partial charge in [0, 0.05) is 0 Å². The molecular weight excluding hydrogens is 883 g/mol. The summed E-state index contributed by atoms with van der Waals surface area (Å²) in [5.74, 6) is 1.37.